The van der Waals surface area contributed by atoms with E-state index in [1.165, 1.54) is 24.3 Å². The molecule has 0 spiro atoms. The lowest BCUT2D eigenvalue weighted by Crippen LogP contribution is -2.31. The molecule has 0 N–H and O–H groups in total. The predicted octanol–water partition coefficient (Wildman–Crippen LogP) is 4.52. The first-order valence-electron chi connectivity index (χ1n) is 9.51. The van der Waals surface area contributed by atoms with E-state index in [1.807, 2.05) is 0 Å². The quantitative estimate of drug-likeness (QED) is 0.382. The van der Waals surface area contributed by atoms with Crippen molar-refractivity contribution in [2.24, 2.45) is 0 Å². The fourth-order valence-corrected chi connectivity index (χ4v) is 5.49. The van der Waals surface area contributed by atoms with E-state index in [-0.39, 0.29) is 42.9 Å². The maximum atomic E-state index is 13.5. The van der Waals surface area contributed by atoms with Gasteiger partial charge in [0, 0.05) is 0 Å². The molecular weight excluding hydrogens is 492 g/mol. The molecule has 0 fully saturated rings. The van der Waals surface area contributed by atoms with E-state index in [2.05, 4.69) is 4.98 Å². The summed E-state index contributed by atoms with van der Waals surface area (Å²) in [6.07, 6.45) is 0. The fraction of sp³-hybridized carbons (Fsp3) is 0.0455. The molecular formula is C22H12Cl2FN3O4S. The summed E-state index contributed by atoms with van der Waals surface area (Å²) in [6.45, 7) is -0.420. The lowest BCUT2D eigenvalue weighted by atomic mass is 10.1. The Labute approximate surface area is 197 Å². The van der Waals surface area contributed by atoms with Crippen LogP contribution < -0.4 is 0 Å². The van der Waals surface area contributed by atoms with Crippen molar-refractivity contribution in [2.45, 2.75) is 11.4 Å². The number of nitrogens with zero attached hydrogens (tertiary/aromatic N) is 3. The fourth-order valence-electron chi connectivity index (χ4n) is 3.71. The molecule has 2 heterocycles. The Balaban J connectivity index is 1.69. The van der Waals surface area contributed by atoms with E-state index in [9.17, 15) is 22.4 Å². The SMILES string of the molecule is O=C1c2ccccc2C(=O)N1Cc1nc2cc(Cl)c(Cl)cc2n1S(=O)(=O)c1ccc(F)cc1. The number of carbonyl (C=O) groups excluding carboxylic acids is 2. The highest BCUT2D eigenvalue weighted by Gasteiger charge is 2.37. The zero-order chi connectivity index (χ0) is 23.5. The Bertz CT molecular complexity index is 1550. The van der Waals surface area contributed by atoms with Crippen molar-refractivity contribution >= 4 is 56.1 Å². The third kappa shape index (κ3) is 3.40. The van der Waals surface area contributed by atoms with Crippen molar-refractivity contribution in [1.82, 2.24) is 13.9 Å². The maximum Gasteiger partial charge on any atom is 0.269 e. The summed E-state index contributed by atoms with van der Waals surface area (Å²) in [5, 5.41) is 0.243. The molecule has 4 aromatic rings. The molecule has 7 nitrogen and oxygen atoms in total. The van der Waals surface area contributed by atoms with Gasteiger partial charge in [-0.15, -0.1) is 0 Å². The summed E-state index contributed by atoms with van der Waals surface area (Å²) < 4.78 is 41.4. The average Bonchev–Trinajstić information content (AvgIpc) is 3.25. The number of aromatic nitrogens is 2. The minimum absolute atomic E-state index is 0.0897. The summed E-state index contributed by atoms with van der Waals surface area (Å²) in [5.41, 5.74) is 0.734. The van der Waals surface area contributed by atoms with Crippen molar-refractivity contribution in [3.63, 3.8) is 0 Å². The van der Waals surface area contributed by atoms with E-state index in [4.69, 9.17) is 23.2 Å². The Morgan fingerprint density at radius 1 is 0.879 bits per heavy atom. The highest BCUT2D eigenvalue weighted by molar-refractivity contribution is 7.90. The maximum absolute atomic E-state index is 13.5. The molecule has 11 heteroatoms. The van der Waals surface area contributed by atoms with E-state index in [0.717, 1.165) is 33.1 Å². The minimum Gasteiger partial charge on any atom is -0.269 e. The first kappa shape index (κ1) is 21.6. The van der Waals surface area contributed by atoms with Gasteiger partial charge in [0.05, 0.1) is 43.6 Å². The monoisotopic (exact) mass is 503 g/mol. The van der Waals surface area contributed by atoms with Gasteiger partial charge < -0.3 is 0 Å². The van der Waals surface area contributed by atoms with Crippen LogP contribution in [0.1, 0.15) is 26.5 Å². The van der Waals surface area contributed by atoms with Crippen LogP contribution in [0.2, 0.25) is 10.0 Å². The highest BCUT2D eigenvalue weighted by atomic mass is 35.5. The van der Waals surface area contributed by atoms with Gasteiger partial charge in [0.1, 0.15) is 11.6 Å². The second kappa shape index (κ2) is 7.65. The number of hydrogen-bond acceptors (Lipinski definition) is 5. The molecule has 1 aromatic heterocycles. The van der Waals surface area contributed by atoms with E-state index < -0.39 is 34.2 Å². The van der Waals surface area contributed by atoms with Crippen LogP contribution in [0.25, 0.3) is 11.0 Å². The molecule has 0 aliphatic carbocycles. The molecule has 0 bridgehead atoms. The van der Waals surface area contributed by atoms with Crippen molar-refractivity contribution in [3.05, 3.63) is 93.5 Å². The molecule has 1 aliphatic heterocycles. The molecule has 0 atom stereocenters. The molecule has 1 aliphatic rings. The Hall–Kier alpha value is -3.27. The Morgan fingerprint density at radius 2 is 1.45 bits per heavy atom. The number of imidazole rings is 1. The topological polar surface area (TPSA) is 89.3 Å². The van der Waals surface area contributed by atoms with Gasteiger partial charge in [-0.1, -0.05) is 35.3 Å². The summed E-state index contributed by atoms with van der Waals surface area (Å²) in [5.74, 6) is -1.85. The van der Waals surface area contributed by atoms with Gasteiger partial charge in [-0.25, -0.2) is 21.8 Å². The van der Waals surface area contributed by atoms with Gasteiger partial charge in [-0.05, 0) is 48.5 Å². The number of imide groups is 1. The van der Waals surface area contributed by atoms with Gasteiger partial charge in [-0.3, -0.25) is 14.5 Å². The van der Waals surface area contributed by atoms with E-state index in [0.29, 0.717) is 0 Å². The second-order valence-electron chi connectivity index (χ2n) is 7.25. The predicted molar refractivity (Wildman–Crippen MR) is 119 cm³/mol. The van der Waals surface area contributed by atoms with Gasteiger partial charge in [-0.2, -0.15) is 0 Å². The lowest BCUT2D eigenvalue weighted by molar-refractivity contribution is 0.0638. The molecule has 0 radical (unpaired) electrons. The molecule has 3 aromatic carbocycles. The van der Waals surface area contributed by atoms with Crippen LogP contribution in [0.15, 0.2) is 65.6 Å². The smallest absolute Gasteiger partial charge is 0.269 e. The van der Waals surface area contributed by atoms with E-state index in [1.54, 1.807) is 12.1 Å². The molecule has 166 valence electrons. The Morgan fingerprint density at radius 3 is 2.06 bits per heavy atom. The largest absolute Gasteiger partial charge is 0.269 e. The zero-order valence-electron chi connectivity index (χ0n) is 16.5. The van der Waals surface area contributed by atoms with Crippen LogP contribution in [0.4, 0.5) is 4.39 Å². The third-order valence-corrected chi connectivity index (χ3v) is 7.73. The van der Waals surface area contributed by atoms with Crippen LogP contribution in [-0.4, -0.2) is 34.1 Å². The molecule has 2 amide bonds. The van der Waals surface area contributed by atoms with Crippen LogP contribution in [0.5, 0.6) is 0 Å². The molecule has 5 rings (SSSR count). The first-order chi connectivity index (χ1) is 15.7. The molecule has 33 heavy (non-hydrogen) atoms. The van der Waals surface area contributed by atoms with Gasteiger partial charge >= 0.3 is 0 Å². The average molecular weight is 504 g/mol. The number of carbonyl (C=O) groups is 2. The minimum atomic E-state index is -4.31. The van der Waals surface area contributed by atoms with Crippen LogP contribution in [-0.2, 0) is 16.6 Å². The molecule has 0 unspecified atom stereocenters. The normalized spacial score (nSPS) is 13.7. The number of fused-ring (bicyclic) bond motifs is 2. The van der Waals surface area contributed by atoms with Gasteiger partial charge in [0.25, 0.3) is 21.8 Å². The number of halogens is 3. The molecule has 0 saturated carbocycles. The van der Waals surface area contributed by atoms with E-state index >= 15 is 0 Å². The number of rotatable bonds is 4. The number of benzene rings is 3. The van der Waals surface area contributed by atoms with Gasteiger partial charge in [0.2, 0.25) is 0 Å². The van der Waals surface area contributed by atoms with Crippen molar-refractivity contribution in [2.75, 3.05) is 0 Å². The summed E-state index contributed by atoms with van der Waals surface area (Å²) in [6, 6.07) is 13.3. The first-order valence-corrected chi connectivity index (χ1v) is 11.7. The summed E-state index contributed by atoms with van der Waals surface area (Å²) in [4.78, 5) is 30.7. The Kier molecular flexibility index (Phi) is 5.00. The van der Waals surface area contributed by atoms with Crippen LogP contribution in [0.3, 0.4) is 0 Å². The van der Waals surface area contributed by atoms with Gasteiger partial charge in [0.15, 0.2) is 0 Å². The van der Waals surface area contributed by atoms with Crippen molar-refractivity contribution in [3.8, 4) is 0 Å². The number of amides is 2. The summed E-state index contributed by atoms with van der Waals surface area (Å²) in [7, 11) is -4.31. The second-order valence-corrected chi connectivity index (χ2v) is 9.85. The number of hydrogen-bond donors (Lipinski definition) is 0. The summed E-state index contributed by atoms with van der Waals surface area (Å²) >= 11 is 12.2. The zero-order valence-corrected chi connectivity index (χ0v) is 18.8. The highest BCUT2D eigenvalue weighted by Crippen LogP contribution is 2.32. The standard InChI is InChI=1S/C22H12Cl2FN3O4S/c23-16-9-18-19(10-17(16)24)28(33(31,32)13-7-5-12(25)6-8-13)20(26-18)11-27-21(29)14-3-1-2-4-15(14)22(27)30/h1-10H,11H2. The molecule has 0 saturated heterocycles. The van der Waals surface area contributed by atoms with Crippen LogP contribution in [0, 0.1) is 5.82 Å². The van der Waals surface area contributed by atoms with Crippen LogP contribution >= 0.6 is 23.2 Å². The lowest BCUT2D eigenvalue weighted by Gasteiger charge is -2.16. The third-order valence-electron chi connectivity index (χ3n) is 5.25. The van der Waals surface area contributed by atoms with Crippen molar-refractivity contribution < 1.29 is 22.4 Å². The van der Waals surface area contributed by atoms with Crippen molar-refractivity contribution in [1.29, 1.82) is 0 Å².